The Bertz CT molecular complexity index is 914. The number of rotatable bonds is 3. The molecule has 0 atom stereocenters. The number of aryl methyl sites for hydroxylation is 1. The van der Waals surface area contributed by atoms with E-state index in [9.17, 15) is 4.79 Å². The highest BCUT2D eigenvalue weighted by Crippen LogP contribution is 2.30. The van der Waals surface area contributed by atoms with Crippen LogP contribution in [0.1, 0.15) is 34.0 Å². The van der Waals surface area contributed by atoms with Crippen LogP contribution in [0.5, 0.6) is 5.75 Å². The molecule has 1 amide bonds. The van der Waals surface area contributed by atoms with Gasteiger partial charge in [-0.3, -0.25) is 4.79 Å². The van der Waals surface area contributed by atoms with E-state index in [0.717, 1.165) is 41.1 Å². The van der Waals surface area contributed by atoms with Crippen LogP contribution in [0.25, 0.3) is 10.8 Å². The molecule has 24 heavy (non-hydrogen) atoms. The van der Waals surface area contributed by atoms with Gasteiger partial charge >= 0.3 is 0 Å². The predicted octanol–water partition coefficient (Wildman–Crippen LogP) is 2.84. The van der Waals surface area contributed by atoms with Crippen molar-refractivity contribution in [2.45, 2.75) is 19.3 Å². The Morgan fingerprint density at radius 1 is 1.21 bits per heavy atom. The molecule has 5 heteroatoms. The molecule has 122 valence electrons. The van der Waals surface area contributed by atoms with Crippen LogP contribution in [0.3, 0.4) is 0 Å². The number of fused-ring (bicyclic) bond motifs is 2. The van der Waals surface area contributed by atoms with Crippen LogP contribution in [0.2, 0.25) is 0 Å². The maximum atomic E-state index is 12.1. The molecular formula is C19H19N3O2. The first-order valence-corrected chi connectivity index (χ1v) is 8.17. The highest BCUT2D eigenvalue weighted by atomic mass is 16.5. The highest BCUT2D eigenvalue weighted by molar-refractivity contribution is 5.94. The van der Waals surface area contributed by atoms with E-state index < -0.39 is 0 Å². The van der Waals surface area contributed by atoms with E-state index in [4.69, 9.17) is 4.74 Å². The fourth-order valence-corrected chi connectivity index (χ4v) is 3.32. The Labute approximate surface area is 140 Å². The van der Waals surface area contributed by atoms with E-state index in [-0.39, 0.29) is 5.91 Å². The van der Waals surface area contributed by atoms with Crippen LogP contribution in [0.15, 0.2) is 36.4 Å². The molecule has 0 fully saturated rings. The second-order valence-corrected chi connectivity index (χ2v) is 6.01. The van der Waals surface area contributed by atoms with E-state index >= 15 is 0 Å². The van der Waals surface area contributed by atoms with E-state index in [2.05, 4.69) is 33.5 Å². The third-order valence-corrected chi connectivity index (χ3v) is 4.49. The Morgan fingerprint density at radius 3 is 2.96 bits per heavy atom. The first kappa shape index (κ1) is 14.8. The van der Waals surface area contributed by atoms with Gasteiger partial charge in [0.25, 0.3) is 5.91 Å². The summed E-state index contributed by atoms with van der Waals surface area (Å²) in [4.78, 5) is 20.0. The smallest absolute Gasteiger partial charge is 0.271 e. The van der Waals surface area contributed by atoms with Gasteiger partial charge in [0.05, 0.1) is 7.11 Å². The lowest BCUT2D eigenvalue weighted by Gasteiger charge is -2.11. The van der Waals surface area contributed by atoms with Crippen molar-refractivity contribution in [3.05, 3.63) is 59.2 Å². The fourth-order valence-electron chi connectivity index (χ4n) is 3.32. The van der Waals surface area contributed by atoms with Gasteiger partial charge in [-0.05, 0) is 29.7 Å². The monoisotopic (exact) mass is 321 g/mol. The molecule has 0 unspecified atom stereocenters. The Hall–Kier alpha value is -2.82. The number of amides is 1. The van der Waals surface area contributed by atoms with Crippen LogP contribution < -0.4 is 10.1 Å². The lowest BCUT2D eigenvalue weighted by molar-refractivity contribution is 0.0951. The van der Waals surface area contributed by atoms with E-state index in [1.54, 1.807) is 7.11 Å². The Morgan fingerprint density at radius 2 is 2.08 bits per heavy atom. The summed E-state index contributed by atoms with van der Waals surface area (Å²) >= 11 is 0. The van der Waals surface area contributed by atoms with Gasteiger partial charge < -0.3 is 15.0 Å². The van der Waals surface area contributed by atoms with Crippen molar-refractivity contribution in [3.8, 4) is 5.75 Å². The van der Waals surface area contributed by atoms with Crippen molar-refractivity contribution in [1.82, 2.24) is 15.3 Å². The topological polar surface area (TPSA) is 67.0 Å². The van der Waals surface area contributed by atoms with Gasteiger partial charge in [-0.2, -0.15) is 0 Å². The summed E-state index contributed by atoms with van der Waals surface area (Å²) in [6.07, 6.45) is 2.37. The number of imidazole rings is 1. The number of carbonyl (C=O) groups excluding carboxylic acids is 1. The van der Waals surface area contributed by atoms with Crippen molar-refractivity contribution in [3.63, 3.8) is 0 Å². The third-order valence-electron chi connectivity index (χ3n) is 4.49. The van der Waals surface area contributed by atoms with Crippen LogP contribution in [0, 0.1) is 0 Å². The number of hydrogen-bond acceptors (Lipinski definition) is 3. The minimum absolute atomic E-state index is 0.0881. The molecule has 3 aromatic rings. The number of H-pyrrole nitrogens is 1. The van der Waals surface area contributed by atoms with Gasteiger partial charge in [-0.1, -0.05) is 30.3 Å². The van der Waals surface area contributed by atoms with Gasteiger partial charge in [0.15, 0.2) is 0 Å². The van der Waals surface area contributed by atoms with Crippen LogP contribution in [-0.2, 0) is 12.8 Å². The summed E-state index contributed by atoms with van der Waals surface area (Å²) in [5, 5.41) is 5.20. The van der Waals surface area contributed by atoms with E-state index in [1.165, 1.54) is 5.39 Å². The molecule has 0 bridgehead atoms. The standard InChI is InChI=1S/C19H19N3O2/c1-24-16-9-8-12-5-2-3-6-13(12)14(16)11-17-21-15-7-4-10-20-19(23)18(15)22-17/h2-3,5-6,8-9H,4,7,10-11H2,1H3,(H,20,23)(H,21,22). The lowest BCUT2D eigenvalue weighted by atomic mass is 10.0. The first-order chi connectivity index (χ1) is 11.8. The molecule has 0 saturated carbocycles. The number of aromatic nitrogens is 2. The summed E-state index contributed by atoms with van der Waals surface area (Å²) < 4.78 is 5.55. The SMILES string of the molecule is COc1ccc2ccccc2c1Cc1nc2c([nH]1)CCCNC2=O. The maximum absolute atomic E-state index is 12.1. The number of carbonyl (C=O) groups is 1. The summed E-state index contributed by atoms with van der Waals surface area (Å²) in [5.74, 6) is 1.55. The molecule has 0 spiro atoms. The van der Waals surface area contributed by atoms with Crippen molar-refractivity contribution >= 4 is 16.7 Å². The fraction of sp³-hybridized carbons (Fsp3) is 0.263. The van der Waals surface area contributed by atoms with Crippen molar-refractivity contribution in [2.24, 2.45) is 0 Å². The zero-order chi connectivity index (χ0) is 16.5. The van der Waals surface area contributed by atoms with E-state index in [1.807, 2.05) is 18.2 Å². The molecule has 0 aliphatic carbocycles. The third kappa shape index (κ3) is 2.52. The van der Waals surface area contributed by atoms with Crippen LogP contribution in [-0.4, -0.2) is 29.5 Å². The molecular weight excluding hydrogens is 302 g/mol. The molecule has 2 N–H and O–H groups in total. The maximum Gasteiger partial charge on any atom is 0.271 e. The minimum atomic E-state index is -0.0881. The second kappa shape index (κ2) is 6.00. The van der Waals surface area contributed by atoms with Gasteiger partial charge in [-0.25, -0.2) is 4.98 Å². The van der Waals surface area contributed by atoms with Crippen molar-refractivity contribution < 1.29 is 9.53 Å². The average molecular weight is 321 g/mol. The summed E-state index contributed by atoms with van der Waals surface area (Å²) in [5.41, 5.74) is 2.54. The molecule has 1 aliphatic rings. The highest BCUT2D eigenvalue weighted by Gasteiger charge is 2.21. The van der Waals surface area contributed by atoms with Crippen molar-refractivity contribution in [2.75, 3.05) is 13.7 Å². The zero-order valence-corrected chi connectivity index (χ0v) is 13.6. The predicted molar refractivity (Wildman–Crippen MR) is 92.5 cm³/mol. The van der Waals surface area contributed by atoms with Crippen molar-refractivity contribution in [1.29, 1.82) is 0 Å². The van der Waals surface area contributed by atoms with Gasteiger partial charge in [-0.15, -0.1) is 0 Å². The Balaban J connectivity index is 1.77. The van der Waals surface area contributed by atoms with Gasteiger partial charge in [0.2, 0.25) is 0 Å². The number of nitrogens with one attached hydrogen (secondary N) is 2. The average Bonchev–Trinajstić information content (AvgIpc) is 2.94. The zero-order valence-electron chi connectivity index (χ0n) is 13.6. The van der Waals surface area contributed by atoms with Gasteiger partial charge in [0.1, 0.15) is 17.3 Å². The molecule has 4 rings (SSSR count). The normalized spacial score (nSPS) is 14.1. The molecule has 0 saturated heterocycles. The Kier molecular flexibility index (Phi) is 3.69. The first-order valence-electron chi connectivity index (χ1n) is 8.17. The molecule has 2 heterocycles. The summed E-state index contributed by atoms with van der Waals surface area (Å²) in [7, 11) is 1.68. The summed E-state index contributed by atoms with van der Waals surface area (Å²) in [6, 6.07) is 12.3. The minimum Gasteiger partial charge on any atom is -0.496 e. The number of aromatic amines is 1. The molecule has 1 aromatic heterocycles. The number of methoxy groups -OCH3 is 1. The second-order valence-electron chi connectivity index (χ2n) is 6.01. The molecule has 2 aromatic carbocycles. The van der Waals surface area contributed by atoms with Gasteiger partial charge in [0, 0.05) is 24.2 Å². The molecule has 1 aliphatic heterocycles. The largest absolute Gasteiger partial charge is 0.496 e. The number of nitrogens with zero attached hydrogens (tertiary/aromatic N) is 1. The van der Waals surface area contributed by atoms with E-state index in [0.29, 0.717) is 18.7 Å². The molecule has 0 radical (unpaired) electrons. The number of ether oxygens (including phenoxy) is 1. The van der Waals surface area contributed by atoms with Crippen LogP contribution >= 0.6 is 0 Å². The summed E-state index contributed by atoms with van der Waals surface area (Å²) in [6.45, 7) is 0.704. The lowest BCUT2D eigenvalue weighted by Crippen LogP contribution is -2.23. The quantitative estimate of drug-likeness (QED) is 0.779. The van der Waals surface area contributed by atoms with Crippen LogP contribution in [0.4, 0.5) is 0 Å². The molecule has 5 nitrogen and oxygen atoms in total. The number of hydrogen-bond donors (Lipinski definition) is 2. The number of benzene rings is 2.